The SMILES string of the molecule is O=C1COCCN1c1ccc(N2C(=O)C3CC3(C(=O)O)C2=O)c(F)c1. The molecule has 3 aliphatic rings. The van der Waals surface area contributed by atoms with Gasteiger partial charge >= 0.3 is 5.97 Å². The van der Waals surface area contributed by atoms with Gasteiger partial charge in [0.25, 0.3) is 11.8 Å². The first kappa shape index (κ1) is 15.7. The number of imide groups is 1. The van der Waals surface area contributed by atoms with Crippen molar-refractivity contribution in [1.29, 1.82) is 0 Å². The topological polar surface area (TPSA) is 104 Å². The number of ether oxygens (including phenoxy) is 1. The van der Waals surface area contributed by atoms with Crippen LogP contribution in [0.15, 0.2) is 18.2 Å². The molecule has 9 heteroatoms. The Bertz CT molecular complexity index is 840. The predicted molar refractivity (Wildman–Crippen MR) is 80.2 cm³/mol. The maximum Gasteiger partial charge on any atom is 0.320 e. The summed E-state index contributed by atoms with van der Waals surface area (Å²) in [5.74, 6) is -5.12. The number of carbonyl (C=O) groups excluding carboxylic acids is 3. The number of fused-ring (bicyclic) bond motifs is 1. The van der Waals surface area contributed by atoms with Gasteiger partial charge in [-0.05, 0) is 24.6 Å². The van der Waals surface area contributed by atoms with Crippen LogP contribution in [0.2, 0.25) is 0 Å². The molecule has 130 valence electrons. The minimum atomic E-state index is -1.75. The van der Waals surface area contributed by atoms with E-state index in [1.54, 1.807) is 0 Å². The molecule has 1 N–H and O–H groups in total. The fourth-order valence-corrected chi connectivity index (χ4v) is 3.44. The highest BCUT2D eigenvalue weighted by Crippen LogP contribution is 2.60. The molecule has 1 aliphatic carbocycles. The van der Waals surface area contributed by atoms with Crippen LogP contribution in [0.5, 0.6) is 0 Å². The van der Waals surface area contributed by atoms with Crippen LogP contribution in [0.25, 0.3) is 0 Å². The number of rotatable bonds is 3. The molecule has 2 saturated heterocycles. The zero-order valence-electron chi connectivity index (χ0n) is 12.9. The van der Waals surface area contributed by atoms with Gasteiger partial charge in [-0.25, -0.2) is 9.29 Å². The van der Waals surface area contributed by atoms with E-state index in [4.69, 9.17) is 4.74 Å². The Kier molecular flexibility index (Phi) is 3.20. The average molecular weight is 348 g/mol. The molecule has 3 fully saturated rings. The van der Waals surface area contributed by atoms with Crippen LogP contribution in [0, 0.1) is 17.2 Å². The van der Waals surface area contributed by atoms with Crippen molar-refractivity contribution in [3.05, 3.63) is 24.0 Å². The molecule has 1 aromatic rings. The number of piperidine rings is 1. The summed E-state index contributed by atoms with van der Waals surface area (Å²) in [6, 6.07) is 3.68. The molecule has 1 saturated carbocycles. The van der Waals surface area contributed by atoms with Crippen LogP contribution in [0.1, 0.15) is 6.42 Å². The summed E-state index contributed by atoms with van der Waals surface area (Å²) in [7, 11) is 0. The fourth-order valence-electron chi connectivity index (χ4n) is 3.44. The molecule has 1 aromatic carbocycles. The third-order valence-corrected chi connectivity index (χ3v) is 4.92. The summed E-state index contributed by atoms with van der Waals surface area (Å²) in [5.41, 5.74) is -1.76. The van der Waals surface area contributed by atoms with Crippen molar-refractivity contribution < 1.29 is 33.4 Å². The smallest absolute Gasteiger partial charge is 0.320 e. The molecule has 8 nitrogen and oxygen atoms in total. The Labute approximate surface area is 140 Å². The molecule has 0 spiro atoms. The van der Waals surface area contributed by atoms with E-state index < -0.39 is 34.9 Å². The lowest BCUT2D eigenvalue weighted by Gasteiger charge is -2.27. The lowest BCUT2D eigenvalue weighted by molar-refractivity contribution is -0.147. The zero-order valence-corrected chi connectivity index (χ0v) is 12.9. The second-order valence-corrected chi connectivity index (χ2v) is 6.25. The highest BCUT2D eigenvalue weighted by atomic mass is 19.1. The van der Waals surface area contributed by atoms with Gasteiger partial charge in [-0.1, -0.05) is 0 Å². The molecule has 0 bridgehead atoms. The number of carboxylic acid groups (broad SMARTS) is 1. The van der Waals surface area contributed by atoms with Crippen molar-refractivity contribution in [2.24, 2.45) is 11.3 Å². The van der Waals surface area contributed by atoms with E-state index in [0.717, 1.165) is 6.07 Å². The molecule has 3 amide bonds. The number of aliphatic carboxylic acids is 1. The lowest BCUT2D eigenvalue weighted by Crippen LogP contribution is -2.42. The van der Waals surface area contributed by atoms with Gasteiger partial charge in [0.1, 0.15) is 12.4 Å². The number of carboxylic acids is 1. The number of morpholine rings is 1. The van der Waals surface area contributed by atoms with Gasteiger partial charge in [-0.15, -0.1) is 0 Å². The fraction of sp³-hybridized carbons (Fsp3) is 0.375. The van der Waals surface area contributed by atoms with E-state index in [9.17, 15) is 28.7 Å². The minimum absolute atomic E-state index is 0.0432. The Hall–Kier alpha value is -2.81. The van der Waals surface area contributed by atoms with Gasteiger partial charge in [0.15, 0.2) is 5.41 Å². The largest absolute Gasteiger partial charge is 0.480 e. The summed E-state index contributed by atoms with van der Waals surface area (Å²) >= 11 is 0. The summed E-state index contributed by atoms with van der Waals surface area (Å²) in [6.45, 7) is 0.486. The van der Waals surface area contributed by atoms with E-state index >= 15 is 0 Å². The predicted octanol–water partition coefficient (Wildman–Crippen LogP) is 0.153. The summed E-state index contributed by atoms with van der Waals surface area (Å²) in [5, 5.41) is 9.23. The molecule has 2 heterocycles. The first-order chi connectivity index (χ1) is 11.9. The molecule has 2 unspecified atom stereocenters. The van der Waals surface area contributed by atoms with Crippen LogP contribution in [0.4, 0.5) is 15.8 Å². The number of nitrogens with zero attached hydrogens (tertiary/aromatic N) is 2. The van der Waals surface area contributed by atoms with Gasteiger partial charge in [-0.3, -0.25) is 19.2 Å². The number of hydrogen-bond acceptors (Lipinski definition) is 5. The minimum Gasteiger partial charge on any atom is -0.480 e. The third kappa shape index (κ3) is 2.02. The Morgan fingerprint density at radius 2 is 2.08 bits per heavy atom. The van der Waals surface area contributed by atoms with Gasteiger partial charge < -0.3 is 14.7 Å². The maximum atomic E-state index is 14.5. The van der Waals surface area contributed by atoms with Crippen LogP contribution >= 0.6 is 0 Å². The molecule has 0 aromatic heterocycles. The summed E-state index contributed by atoms with van der Waals surface area (Å²) in [4.78, 5) is 49.7. The molecule has 2 atom stereocenters. The third-order valence-electron chi connectivity index (χ3n) is 4.92. The monoisotopic (exact) mass is 348 g/mol. The number of amides is 3. The Morgan fingerprint density at radius 3 is 2.68 bits per heavy atom. The quantitative estimate of drug-likeness (QED) is 0.616. The number of carbonyl (C=O) groups is 4. The van der Waals surface area contributed by atoms with E-state index in [-0.39, 0.29) is 36.9 Å². The van der Waals surface area contributed by atoms with Gasteiger partial charge in [0.2, 0.25) is 5.91 Å². The first-order valence-electron chi connectivity index (χ1n) is 7.67. The van der Waals surface area contributed by atoms with Gasteiger partial charge in [-0.2, -0.15) is 0 Å². The second-order valence-electron chi connectivity index (χ2n) is 6.25. The normalized spacial score (nSPS) is 28.4. The van der Waals surface area contributed by atoms with Gasteiger partial charge in [0, 0.05) is 12.2 Å². The van der Waals surface area contributed by atoms with Gasteiger partial charge in [0.05, 0.1) is 18.2 Å². The first-order valence-corrected chi connectivity index (χ1v) is 7.67. The molecule has 25 heavy (non-hydrogen) atoms. The van der Waals surface area contributed by atoms with E-state index in [2.05, 4.69) is 0 Å². The van der Waals surface area contributed by atoms with Crippen molar-refractivity contribution in [2.45, 2.75) is 6.42 Å². The highest BCUT2D eigenvalue weighted by Gasteiger charge is 2.77. The zero-order chi connectivity index (χ0) is 17.9. The van der Waals surface area contributed by atoms with Crippen LogP contribution < -0.4 is 9.80 Å². The highest BCUT2D eigenvalue weighted by molar-refractivity contribution is 6.32. The van der Waals surface area contributed by atoms with Crippen molar-refractivity contribution in [3.8, 4) is 0 Å². The Balaban J connectivity index is 1.66. The maximum absolute atomic E-state index is 14.5. The second kappa shape index (κ2) is 5.09. The number of hydrogen-bond donors (Lipinski definition) is 1. The Morgan fingerprint density at radius 1 is 1.32 bits per heavy atom. The number of halogens is 1. The number of benzene rings is 1. The van der Waals surface area contributed by atoms with Crippen LogP contribution in [0.3, 0.4) is 0 Å². The van der Waals surface area contributed by atoms with E-state index in [1.165, 1.54) is 17.0 Å². The van der Waals surface area contributed by atoms with E-state index in [1.807, 2.05) is 0 Å². The molecule has 2 aliphatic heterocycles. The standard InChI is InChI=1S/C16H13FN2O6/c17-10-5-8(18-3-4-25-7-12(18)20)1-2-11(10)19-13(21)9-6-16(9,14(19)22)15(23)24/h1-2,5,9H,3-4,6-7H2,(H,23,24). The van der Waals surface area contributed by atoms with Crippen molar-refractivity contribution in [2.75, 3.05) is 29.6 Å². The van der Waals surface area contributed by atoms with E-state index in [0.29, 0.717) is 11.5 Å². The molecular weight excluding hydrogens is 335 g/mol. The van der Waals surface area contributed by atoms with Crippen LogP contribution in [-0.2, 0) is 23.9 Å². The molecule has 0 radical (unpaired) electrons. The van der Waals surface area contributed by atoms with Crippen molar-refractivity contribution in [3.63, 3.8) is 0 Å². The summed E-state index contributed by atoms with van der Waals surface area (Å²) < 4.78 is 19.5. The van der Waals surface area contributed by atoms with Crippen molar-refractivity contribution in [1.82, 2.24) is 0 Å². The lowest BCUT2D eigenvalue weighted by atomic mass is 10.1. The van der Waals surface area contributed by atoms with Crippen molar-refractivity contribution >= 4 is 35.1 Å². The average Bonchev–Trinajstić information content (AvgIpc) is 3.29. The number of anilines is 2. The molecule has 4 rings (SSSR count). The van der Waals surface area contributed by atoms with Crippen LogP contribution in [-0.4, -0.2) is 48.6 Å². The summed E-state index contributed by atoms with van der Waals surface area (Å²) in [6.07, 6.45) is -0.0432. The molecular formula is C16H13FN2O6.